The van der Waals surface area contributed by atoms with Crippen molar-refractivity contribution in [1.29, 1.82) is 0 Å². The summed E-state index contributed by atoms with van der Waals surface area (Å²) in [6.45, 7) is 6.38. The molecule has 0 aromatic rings. The third kappa shape index (κ3) is 46.4. The van der Waals surface area contributed by atoms with Crippen LogP contribution in [-0.4, -0.2) is 46.9 Å². The lowest BCUT2D eigenvalue weighted by molar-refractivity contribution is -0.151. The highest BCUT2D eigenvalue weighted by atomic mass is 16.5. The molecule has 3 N–H and O–H groups in total. The molecule has 0 spiro atoms. The molecular formula is C58H107NO5. The molecule has 3 unspecified atom stereocenters. The first-order valence-electron chi connectivity index (χ1n) is 27.9. The van der Waals surface area contributed by atoms with Crippen LogP contribution in [0.15, 0.2) is 48.6 Å². The molecule has 0 rings (SSSR count). The molecule has 1 amide bonds. The monoisotopic (exact) mass is 898 g/mol. The van der Waals surface area contributed by atoms with E-state index >= 15 is 0 Å². The van der Waals surface area contributed by atoms with Crippen LogP contribution in [0.2, 0.25) is 0 Å². The lowest BCUT2D eigenvalue weighted by atomic mass is 10.0. The Morgan fingerprint density at radius 1 is 0.469 bits per heavy atom. The third-order valence-electron chi connectivity index (χ3n) is 12.6. The van der Waals surface area contributed by atoms with Crippen molar-refractivity contribution in [2.24, 2.45) is 0 Å². The summed E-state index contributed by atoms with van der Waals surface area (Å²) in [4.78, 5) is 26.2. The van der Waals surface area contributed by atoms with Crippen molar-refractivity contribution in [3.63, 3.8) is 0 Å². The fourth-order valence-corrected chi connectivity index (χ4v) is 8.44. The number of hydrogen-bond acceptors (Lipinski definition) is 5. The van der Waals surface area contributed by atoms with Crippen molar-refractivity contribution < 1.29 is 24.5 Å². The molecule has 0 bridgehead atoms. The minimum Gasteiger partial charge on any atom is -0.462 e. The first-order valence-corrected chi connectivity index (χ1v) is 27.9. The number of nitrogens with one attached hydrogen (secondary N) is 1. The van der Waals surface area contributed by atoms with Gasteiger partial charge in [0.05, 0.1) is 25.2 Å². The second-order valence-electron chi connectivity index (χ2n) is 19.0. The summed E-state index contributed by atoms with van der Waals surface area (Å²) in [6.07, 6.45) is 63.2. The normalized spacial score (nSPS) is 13.5. The van der Waals surface area contributed by atoms with E-state index in [1.165, 1.54) is 148 Å². The van der Waals surface area contributed by atoms with Gasteiger partial charge in [-0.2, -0.15) is 0 Å². The Hall–Kier alpha value is -2.18. The van der Waals surface area contributed by atoms with Crippen molar-refractivity contribution in [1.82, 2.24) is 5.32 Å². The average Bonchev–Trinajstić information content (AvgIpc) is 3.29. The third-order valence-corrected chi connectivity index (χ3v) is 12.6. The lowest BCUT2D eigenvalue weighted by Crippen LogP contribution is -2.46. The van der Waals surface area contributed by atoms with Crippen molar-refractivity contribution in [2.75, 3.05) is 6.61 Å². The van der Waals surface area contributed by atoms with Gasteiger partial charge in [-0.25, -0.2) is 0 Å². The average molecular weight is 898 g/mol. The van der Waals surface area contributed by atoms with Crippen LogP contribution in [0.5, 0.6) is 0 Å². The zero-order valence-electron chi connectivity index (χ0n) is 42.7. The summed E-state index contributed by atoms with van der Waals surface area (Å²) in [6, 6.07) is -0.709. The Bertz CT molecular complexity index is 1100. The number of aliphatic hydroxyl groups excluding tert-OH is 2. The van der Waals surface area contributed by atoms with Gasteiger partial charge in [-0.1, -0.05) is 236 Å². The summed E-state index contributed by atoms with van der Waals surface area (Å²) in [5, 5.41) is 23.8. The number of aliphatic hydroxyl groups is 2. The highest BCUT2D eigenvalue weighted by Gasteiger charge is 2.24. The van der Waals surface area contributed by atoms with Crippen LogP contribution in [0.25, 0.3) is 0 Å². The van der Waals surface area contributed by atoms with E-state index in [1.807, 2.05) is 0 Å². The molecule has 374 valence electrons. The van der Waals surface area contributed by atoms with Gasteiger partial charge >= 0.3 is 5.97 Å². The summed E-state index contributed by atoms with van der Waals surface area (Å²) in [5.74, 6) is -0.490. The van der Waals surface area contributed by atoms with Crippen LogP contribution in [0, 0.1) is 0 Å². The number of carbonyl (C=O) groups excluding carboxylic acids is 2. The Labute approximate surface area is 397 Å². The molecule has 0 saturated carbocycles. The van der Waals surface area contributed by atoms with E-state index < -0.39 is 18.2 Å². The standard InChI is InChI=1S/C58H107NO5/c1-4-7-10-13-16-19-22-25-27-28-29-30-31-33-36-39-42-45-48-51-58(63)64-54(49-46-43-40-37-34-32-26-23-20-17-14-11-8-5-2)52-57(62)59-55(53-60)56(61)50-47-44-41-38-35-24-21-18-15-12-9-6-3/h8,11,17,20,25-27,32,54-56,60-61H,4-7,9-10,12-16,18-19,21-24,28-31,33-53H2,1-3H3,(H,59,62)/b11-8+,20-17+,27-25+,32-26+. The molecular weight excluding hydrogens is 791 g/mol. The van der Waals surface area contributed by atoms with Gasteiger partial charge in [0.1, 0.15) is 6.10 Å². The van der Waals surface area contributed by atoms with Gasteiger partial charge < -0.3 is 20.3 Å². The Morgan fingerprint density at radius 2 is 0.844 bits per heavy atom. The molecule has 64 heavy (non-hydrogen) atoms. The zero-order valence-corrected chi connectivity index (χ0v) is 42.7. The fourth-order valence-electron chi connectivity index (χ4n) is 8.44. The van der Waals surface area contributed by atoms with E-state index in [0.717, 1.165) is 89.9 Å². The number of rotatable bonds is 50. The van der Waals surface area contributed by atoms with Crippen molar-refractivity contribution in [3.8, 4) is 0 Å². The van der Waals surface area contributed by atoms with Crippen molar-refractivity contribution >= 4 is 11.9 Å². The summed E-state index contributed by atoms with van der Waals surface area (Å²) in [7, 11) is 0. The summed E-state index contributed by atoms with van der Waals surface area (Å²) < 4.78 is 5.94. The molecule has 0 fully saturated rings. The van der Waals surface area contributed by atoms with E-state index in [1.54, 1.807) is 0 Å². The molecule has 0 aliphatic rings. The molecule has 6 nitrogen and oxygen atoms in total. The number of amides is 1. The molecule has 0 radical (unpaired) electrons. The van der Waals surface area contributed by atoms with E-state index in [0.29, 0.717) is 19.3 Å². The minimum absolute atomic E-state index is 0.0630. The van der Waals surface area contributed by atoms with Gasteiger partial charge in [-0.05, 0) is 83.5 Å². The van der Waals surface area contributed by atoms with Crippen LogP contribution in [-0.2, 0) is 14.3 Å². The molecule has 0 aliphatic heterocycles. The first-order chi connectivity index (χ1) is 31.5. The Kier molecular flexibility index (Phi) is 50.0. The van der Waals surface area contributed by atoms with E-state index in [4.69, 9.17) is 4.74 Å². The first kappa shape index (κ1) is 61.8. The second kappa shape index (κ2) is 51.8. The second-order valence-corrected chi connectivity index (χ2v) is 19.0. The van der Waals surface area contributed by atoms with Gasteiger partial charge in [0.25, 0.3) is 0 Å². The van der Waals surface area contributed by atoms with Crippen LogP contribution >= 0.6 is 0 Å². The molecule has 0 aliphatic carbocycles. The van der Waals surface area contributed by atoms with Crippen LogP contribution < -0.4 is 5.32 Å². The molecule has 6 heteroatoms. The summed E-state index contributed by atoms with van der Waals surface area (Å²) in [5.41, 5.74) is 0. The molecule has 0 heterocycles. The number of hydrogen-bond donors (Lipinski definition) is 3. The molecule has 0 saturated heterocycles. The topological polar surface area (TPSA) is 95.9 Å². The Balaban J connectivity index is 4.54. The molecule has 0 aromatic heterocycles. The van der Waals surface area contributed by atoms with Gasteiger partial charge in [-0.15, -0.1) is 0 Å². The van der Waals surface area contributed by atoms with E-state index in [2.05, 4.69) is 74.7 Å². The fraction of sp³-hybridized carbons (Fsp3) is 0.828. The lowest BCUT2D eigenvalue weighted by Gasteiger charge is -2.24. The smallest absolute Gasteiger partial charge is 0.306 e. The Morgan fingerprint density at radius 3 is 1.30 bits per heavy atom. The number of esters is 1. The minimum atomic E-state index is -0.794. The number of ether oxygens (including phenoxy) is 1. The maximum atomic E-state index is 13.2. The van der Waals surface area contributed by atoms with Gasteiger partial charge in [0.15, 0.2) is 0 Å². The van der Waals surface area contributed by atoms with E-state index in [9.17, 15) is 19.8 Å². The molecule has 0 aromatic carbocycles. The maximum absolute atomic E-state index is 13.2. The highest BCUT2D eigenvalue weighted by molar-refractivity contribution is 5.77. The maximum Gasteiger partial charge on any atom is 0.306 e. The summed E-state index contributed by atoms with van der Waals surface area (Å²) >= 11 is 0. The van der Waals surface area contributed by atoms with Crippen LogP contribution in [0.4, 0.5) is 0 Å². The van der Waals surface area contributed by atoms with Gasteiger partial charge in [0, 0.05) is 6.42 Å². The van der Waals surface area contributed by atoms with Crippen LogP contribution in [0.1, 0.15) is 284 Å². The highest BCUT2D eigenvalue weighted by Crippen LogP contribution is 2.18. The van der Waals surface area contributed by atoms with Crippen LogP contribution in [0.3, 0.4) is 0 Å². The van der Waals surface area contributed by atoms with Crippen molar-refractivity contribution in [2.45, 2.75) is 302 Å². The quantitative estimate of drug-likeness (QED) is 0.0321. The predicted molar refractivity (Wildman–Crippen MR) is 278 cm³/mol. The largest absolute Gasteiger partial charge is 0.462 e. The molecule has 3 atom stereocenters. The predicted octanol–water partition coefficient (Wildman–Crippen LogP) is 17.0. The zero-order chi connectivity index (χ0) is 46.7. The SMILES string of the molecule is CC/C=C/C/C=C/C/C=C/CCCCCCC(CC(=O)NC(CO)C(O)CCCCCCCCCCCCCC)OC(=O)CCCCCCCCCCC/C=C/CCCCCCCC. The number of unbranched alkanes of at least 4 members (excludes halogenated alkanes) is 30. The van der Waals surface area contributed by atoms with Gasteiger partial charge in [0.2, 0.25) is 5.91 Å². The number of allylic oxidation sites excluding steroid dienone is 8. The van der Waals surface area contributed by atoms with Crippen molar-refractivity contribution in [3.05, 3.63) is 48.6 Å². The van der Waals surface area contributed by atoms with E-state index in [-0.39, 0.29) is 24.9 Å². The number of carbonyl (C=O) groups is 2. The van der Waals surface area contributed by atoms with Gasteiger partial charge in [-0.3, -0.25) is 9.59 Å².